The van der Waals surface area contributed by atoms with E-state index in [1.165, 1.54) is 6.20 Å². The first-order chi connectivity index (χ1) is 20.3. The standard InChI is InChI=1S/C32H46F2N2O7Si/c1-10-40-29(38)21-16-36(19-11-12-19)25-20(26(21)37)14-22(33)24(34)28(25)42-27(30(39)43-31(2,3)4)23-13-18(15-35-23)17-41-44(8,9)32(5,6)7/h14,16,18-19,23,27,35H,10-13,15,17H2,1-9H3/t18?,23-,27?/m0/s1. The van der Waals surface area contributed by atoms with Crippen molar-refractivity contribution in [2.75, 3.05) is 19.8 Å². The minimum Gasteiger partial charge on any atom is -0.472 e. The van der Waals surface area contributed by atoms with Crippen molar-refractivity contribution in [3.63, 3.8) is 0 Å². The van der Waals surface area contributed by atoms with Gasteiger partial charge in [-0.05, 0) is 77.1 Å². The number of nitrogens with one attached hydrogen (secondary N) is 1. The van der Waals surface area contributed by atoms with Gasteiger partial charge in [-0.3, -0.25) is 4.79 Å². The maximum atomic E-state index is 15.7. The van der Waals surface area contributed by atoms with E-state index in [0.29, 0.717) is 32.4 Å². The lowest BCUT2D eigenvalue weighted by atomic mass is 10.0. The second-order valence-electron chi connectivity index (χ2n) is 14.4. The fraction of sp³-hybridized carbons (Fsp3) is 0.656. The molecule has 1 aromatic heterocycles. The summed E-state index contributed by atoms with van der Waals surface area (Å²) in [6.45, 7) is 18.6. The number of benzene rings is 1. The first kappa shape index (κ1) is 34.0. The van der Waals surface area contributed by atoms with E-state index in [1.54, 1.807) is 32.3 Å². The second kappa shape index (κ2) is 12.5. The van der Waals surface area contributed by atoms with Crippen LogP contribution in [0.5, 0.6) is 5.75 Å². The van der Waals surface area contributed by atoms with E-state index < -0.39 is 60.8 Å². The van der Waals surface area contributed by atoms with Gasteiger partial charge < -0.3 is 28.5 Å². The molecular formula is C32H46F2N2O7Si. The van der Waals surface area contributed by atoms with E-state index in [1.807, 2.05) is 0 Å². The third-order valence-electron chi connectivity index (χ3n) is 8.59. The van der Waals surface area contributed by atoms with Crippen molar-refractivity contribution in [1.29, 1.82) is 0 Å². The lowest BCUT2D eigenvalue weighted by Gasteiger charge is -2.37. The number of esters is 2. The number of fused-ring (bicyclic) bond motifs is 1. The quantitative estimate of drug-likeness (QED) is 0.255. The van der Waals surface area contributed by atoms with Crippen molar-refractivity contribution in [2.45, 2.75) is 110 Å². The molecule has 2 heterocycles. The summed E-state index contributed by atoms with van der Waals surface area (Å²) in [4.78, 5) is 39.6. The molecule has 1 aromatic carbocycles. The molecule has 0 spiro atoms. The molecule has 1 saturated carbocycles. The highest BCUT2D eigenvalue weighted by molar-refractivity contribution is 6.74. The monoisotopic (exact) mass is 636 g/mol. The molecule has 1 aliphatic heterocycles. The zero-order valence-electron chi connectivity index (χ0n) is 27.3. The van der Waals surface area contributed by atoms with E-state index in [4.69, 9.17) is 18.6 Å². The zero-order valence-corrected chi connectivity index (χ0v) is 28.3. The Kier molecular flexibility index (Phi) is 9.68. The van der Waals surface area contributed by atoms with Crippen LogP contribution < -0.4 is 15.5 Å². The molecule has 0 bridgehead atoms. The van der Waals surface area contributed by atoms with Gasteiger partial charge in [0.1, 0.15) is 11.2 Å². The number of nitrogens with zero attached hydrogens (tertiary/aromatic N) is 1. The van der Waals surface area contributed by atoms with Gasteiger partial charge in [0, 0.05) is 25.4 Å². The van der Waals surface area contributed by atoms with Gasteiger partial charge in [-0.1, -0.05) is 20.8 Å². The van der Waals surface area contributed by atoms with Crippen LogP contribution in [0.4, 0.5) is 8.78 Å². The molecule has 2 unspecified atom stereocenters. The summed E-state index contributed by atoms with van der Waals surface area (Å²) >= 11 is 0. The Balaban J connectivity index is 1.75. The van der Waals surface area contributed by atoms with Crippen LogP contribution in [-0.2, 0) is 18.7 Å². The number of pyridine rings is 1. The highest BCUT2D eigenvalue weighted by Crippen LogP contribution is 2.42. The molecule has 1 saturated heterocycles. The first-order valence-electron chi connectivity index (χ1n) is 15.4. The molecule has 0 amide bonds. The molecule has 12 heteroatoms. The number of hydrogen-bond donors (Lipinski definition) is 1. The van der Waals surface area contributed by atoms with Crippen LogP contribution in [0.15, 0.2) is 17.1 Å². The highest BCUT2D eigenvalue weighted by atomic mass is 28.4. The molecule has 44 heavy (non-hydrogen) atoms. The Labute approximate surface area is 258 Å². The second-order valence-corrected chi connectivity index (χ2v) is 19.2. The minimum absolute atomic E-state index is 0.0196. The summed E-state index contributed by atoms with van der Waals surface area (Å²) in [5, 5.41) is 3.11. The first-order valence-corrected chi connectivity index (χ1v) is 18.3. The predicted molar refractivity (Wildman–Crippen MR) is 166 cm³/mol. The average molecular weight is 637 g/mol. The van der Waals surface area contributed by atoms with Crippen LogP contribution in [0.1, 0.15) is 84.1 Å². The van der Waals surface area contributed by atoms with Crippen molar-refractivity contribution < 1.29 is 37.0 Å². The van der Waals surface area contributed by atoms with Crippen molar-refractivity contribution >= 4 is 31.2 Å². The van der Waals surface area contributed by atoms with Gasteiger partial charge in [-0.25, -0.2) is 14.0 Å². The average Bonchev–Trinajstić information content (AvgIpc) is 3.64. The van der Waals surface area contributed by atoms with Crippen molar-refractivity contribution in [3.8, 4) is 5.75 Å². The summed E-state index contributed by atoms with van der Waals surface area (Å²) in [5.41, 5.74) is -1.99. The Hall–Kier alpha value is -2.83. The predicted octanol–water partition coefficient (Wildman–Crippen LogP) is 5.88. The normalized spacial score (nSPS) is 20.1. The van der Waals surface area contributed by atoms with Gasteiger partial charge in [-0.15, -0.1) is 0 Å². The molecule has 244 valence electrons. The molecule has 3 atom stereocenters. The number of halogens is 2. The molecular weight excluding hydrogens is 590 g/mol. The van der Waals surface area contributed by atoms with Gasteiger partial charge in [0.25, 0.3) is 0 Å². The molecule has 2 aromatic rings. The van der Waals surface area contributed by atoms with Crippen molar-refractivity contribution in [3.05, 3.63) is 39.7 Å². The molecule has 2 fully saturated rings. The number of rotatable bonds is 10. The van der Waals surface area contributed by atoms with Crippen molar-refractivity contribution in [2.24, 2.45) is 5.92 Å². The fourth-order valence-electron chi connectivity index (χ4n) is 5.06. The van der Waals surface area contributed by atoms with Gasteiger partial charge in [0.05, 0.1) is 23.6 Å². The zero-order chi connectivity index (χ0) is 32.8. The van der Waals surface area contributed by atoms with E-state index in [-0.39, 0.29) is 40.1 Å². The lowest BCUT2D eigenvalue weighted by Crippen LogP contribution is -2.47. The Morgan fingerprint density at radius 1 is 1.14 bits per heavy atom. The van der Waals surface area contributed by atoms with Crippen LogP contribution in [0.2, 0.25) is 18.1 Å². The summed E-state index contributed by atoms with van der Waals surface area (Å²) in [5.74, 6) is -4.79. The topological polar surface area (TPSA) is 105 Å². The summed E-state index contributed by atoms with van der Waals surface area (Å²) < 4.78 is 55.7. The van der Waals surface area contributed by atoms with Crippen LogP contribution in [0, 0.1) is 17.6 Å². The van der Waals surface area contributed by atoms with Gasteiger partial charge >= 0.3 is 11.9 Å². The number of aromatic nitrogens is 1. The van der Waals surface area contributed by atoms with Gasteiger partial charge in [-0.2, -0.15) is 4.39 Å². The summed E-state index contributed by atoms with van der Waals surface area (Å²) in [7, 11) is -2.02. The molecule has 1 N–H and O–H groups in total. The molecule has 0 radical (unpaired) electrons. The number of carbonyl (C=O) groups is 2. The number of carbonyl (C=O) groups excluding carboxylic acids is 2. The fourth-order valence-corrected chi connectivity index (χ4v) is 6.14. The van der Waals surface area contributed by atoms with Crippen LogP contribution >= 0.6 is 0 Å². The summed E-state index contributed by atoms with van der Waals surface area (Å²) in [6.07, 6.45) is 1.83. The molecule has 4 rings (SSSR count). The minimum atomic E-state index is -2.02. The summed E-state index contributed by atoms with van der Waals surface area (Å²) in [6, 6.07) is 0.00171. The van der Waals surface area contributed by atoms with E-state index >= 15 is 8.78 Å². The molecule has 9 nitrogen and oxygen atoms in total. The van der Waals surface area contributed by atoms with Crippen LogP contribution in [0.25, 0.3) is 10.9 Å². The molecule has 1 aliphatic carbocycles. The maximum absolute atomic E-state index is 15.7. The van der Waals surface area contributed by atoms with Gasteiger partial charge in [0.15, 0.2) is 19.9 Å². The maximum Gasteiger partial charge on any atom is 0.349 e. The Morgan fingerprint density at radius 3 is 2.36 bits per heavy atom. The number of hydrogen-bond acceptors (Lipinski definition) is 8. The van der Waals surface area contributed by atoms with Crippen LogP contribution in [0.3, 0.4) is 0 Å². The van der Waals surface area contributed by atoms with E-state index in [0.717, 1.165) is 6.07 Å². The third kappa shape index (κ3) is 7.34. The van der Waals surface area contributed by atoms with Gasteiger partial charge in [0.2, 0.25) is 17.3 Å². The highest BCUT2D eigenvalue weighted by Gasteiger charge is 2.43. The Morgan fingerprint density at radius 2 is 1.80 bits per heavy atom. The van der Waals surface area contributed by atoms with Crippen molar-refractivity contribution in [1.82, 2.24) is 9.88 Å². The van der Waals surface area contributed by atoms with E-state index in [2.05, 4.69) is 39.2 Å². The lowest BCUT2D eigenvalue weighted by molar-refractivity contribution is -0.164. The molecule has 2 aliphatic rings. The third-order valence-corrected chi connectivity index (χ3v) is 13.1. The SMILES string of the molecule is CCOC(=O)c1cn(C2CC2)c2c(OC(C(=O)OC(C)(C)C)[C@@H]3CC(CO[Si](C)(C)C(C)(C)C)CN3)c(F)c(F)cc2c1=O. The smallest absolute Gasteiger partial charge is 0.349 e. The Bertz CT molecular complexity index is 1470. The largest absolute Gasteiger partial charge is 0.472 e. The number of ether oxygens (including phenoxy) is 3. The van der Waals surface area contributed by atoms with E-state index in [9.17, 15) is 14.4 Å². The van der Waals surface area contributed by atoms with Crippen LogP contribution in [-0.4, -0.2) is 62.3 Å².